The van der Waals surface area contributed by atoms with Gasteiger partial charge in [-0.3, -0.25) is 19.3 Å². The predicted molar refractivity (Wildman–Crippen MR) is 132 cm³/mol. The Labute approximate surface area is 207 Å². The van der Waals surface area contributed by atoms with E-state index in [0.29, 0.717) is 12.0 Å². The number of benzene rings is 1. The Morgan fingerprint density at radius 1 is 1.11 bits per heavy atom. The van der Waals surface area contributed by atoms with Gasteiger partial charge in [0.1, 0.15) is 17.7 Å². The number of carbonyl (C=O) groups is 4. The molecule has 35 heavy (non-hydrogen) atoms. The molecule has 1 rings (SSSR count). The Morgan fingerprint density at radius 3 is 2.26 bits per heavy atom. The topological polar surface area (TPSA) is 114 Å². The monoisotopic (exact) mass is 487 g/mol. The van der Waals surface area contributed by atoms with E-state index in [9.17, 15) is 19.2 Å². The zero-order chi connectivity index (χ0) is 26.6. The lowest BCUT2D eigenvalue weighted by molar-refractivity contribution is -0.143. The molecule has 0 radical (unpaired) electrons. The minimum atomic E-state index is -1.18. The van der Waals surface area contributed by atoms with E-state index in [1.807, 2.05) is 6.92 Å². The lowest BCUT2D eigenvalue weighted by atomic mass is 9.96. The zero-order valence-corrected chi connectivity index (χ0v) is 21.4. The van der Waals surface area contributed by atoms with Crippen molar-refractivity contribution < 1.29 is 28.7 Å². The van der Waals surface area contributed by atoms with Gasteiger partial charge >= 0.3 is 12.1 Å². The smallest absolute Gasteiger partial charge is 0.408 e. The second-order valence-corrected chi connectivity index (χ2v) is 9.01. The third-order valence-electron chi connectivity index (χ3n) is 5.08. The van der Waals surface area contributed by atoms with Crippen LogP contribution in [0.2, 0.25) is 0 Å². The van der Waals surface area contributed by atoms with E-state index in [2.05, 4.69) is 16.7 Å². The van der Waals surface area contributed by atoms with Crippen LogP contribution < -0.4 is 10.6 Å². The van der Waals surface area contributed by atoms with Crippen LogP contribution in [0.4, 0.5) is 4.79 Å². The standard InChI is InChI=1S/C26H37N3O6/c1-8-18(4)21(28-25(33)35-26(5,6)7)24(32)29(9-2)22(19-14-12-11-13-15-19)23(31)27-17-16-20(30)34-10-3/h2,11-15,18,21-22H,8,10,16-17H2,1,3-7H3,(H,27,31)(H,28,33). The average molecular weight is 488 g/mol. The summed E-state index contributed by atoms with van der Waals surface area (Å²) in [6.07, 6.45) is 5.51. The van der Waals surface area contributed by atoms with E-state index in [1.54, 1.807) is 65.0 Å². The third kappa shape index (κ3) is 9.69. The van der Waals surface area contributed by atoms with Gasteiger partial charge in [0, 0.05) is 12.6 Å². The highest BCUT2D eigenvalue weighted by Gasteiger charge is 2.37. The summed E-state index contributed by atoms with van der Waals surface area (Å²) in [4.78, 5) is 51.9. The summed E-state index contributed by atoms with van der Waals surface area (Å²) < 4.78 is 10.2. The van der Waals surface area contributed by atoms with E-state index in [4.69, 9.17) is 15.9 Å². The van der Waals surface area contributed by atoms with Gasteiger partial charge in [0.15, 0.2) is 0 Å². The summed E-state index contributed by atoms with van der Waals surface area (Å²) in [5.41, 5.74) is -0.280. The Kier molecular flexibility index (Phi) is 11.8. The van der Waals surface area contributed by atoms with Gasteiger partial charge in [0.05, 0.1) is 13.0 Å². The number of rotatable bonds is 11. The number of terminal acetylenes is 1. The molecule has 9 heteroatoms. The number of carbonyl (C=O) groups excluding carboxylic acids is 4. The van der Waals surface area contributed by atoms with Crippen molar-refractivity contribution in [2.45, 2.75) is 72.1 Å². The first-order chi connectivity index (χ1) is 16.4. The lowest BCUT2D eigenvalue weighted by Crippen LogP contribution is -2.54. The van der Waals surface area contributed by atoms with Gasteiger partial charge in [-0.2, -0.15) is 0 Å². The van der Waals surface area contributed by atoms with Crippen LogP contribution in [0.1, 0.15) is 66.0 Å². The number of alkyl carbamates (subject to hydrolysis) is 1. The molecule has 0 saturated carbocycles. The van der Waals surface area contributed by atoms with Gasteiger partial charge < -0.3 is 20.1 Å². The van der Waals surface area contributed by atoms with Crippen LogP contribution in [0.5, 0.6) is 0 Å². The Hall–Kier alpha value is -3.54. The molecule has 0 spiro atoms. The second kappa shape index (κ2) is 14.0. The number of hydrogen-bond acceptors (Lipinski definition) is 6. The van der Waals surface area contributed by atoms with Crippen molar-refractivity contribution in [3.05, 3.63) is 35.9 Å². The average Bonchev–Trinajstić information content (AvgIpc) is 2.79. The summed E-state index contributed by atoms with van der Waals surface area (Å²) in [5.74, 6) is -1.93. The number of esters is 1. The van der Waals surface area contributed by atoms with E-state index >= 15 is 0 Å². The fourth-order valence-electron chi connectivity index (χ4n) is 3.20. The van der Waals surface area contributed by atoms with E-state index in [0.717, 1.165) is 4.90 Å². The van der Waals surface area contributed by atoms with Crippen molar-refractivity contribution in [2.75, 3.05) is 13.2 Å². The minimum absolute atomic E-state index is 0.0125. The first kappa shape index (κ1) is 29.5. The molecule has 0 saturated heterocycles. The number of hydrogen-bond donors (Lipinski definition) is 2. The summed E-state index contributed by atoms with van der Waals surface area (Å²) >= 11 is 0. The molecular weight excluding hydrogens is 450 g/mol. The number of ether oxygens (including phenoxy) is 2. The lowest BCUT2D eigenvalue weighted by Gasteiger charge is -2.32. The van der Waals surface area contributed by atoms with Crippen LogP contribution in [0, 0.1) is 18.4 Å². The van der Waals surface area contributed by atoms with Crippen molar-refractivity contribution in [2.24, 2.45) is 5.92 Å². The highest BCUT2D eigenvalue weighted by molar-refractivity contribution is 5.93. The minimum Gasteiger partial charge on any atom is -0.466 e. The van der Waals surface area contributed by atoms with Crippen LogP contribution >= 0.6 is 0 Å². The third-order valence-corrected chi connectivity index (χ3v) is 5.08. The van der Waals surface area contributed by atoms with Crippen molar-refractivity contribution in [3.63, 3.8) is 0 Å². The molecule has 192 valence electrons. The van der Waals surface area contributed by atoms with Crippen molar-refractivity contribution >= 4 is 23.9 Å². The highest BCUT2D eigenvalue weighted by Crippen LogP contribution is 2.24. The fourth-order valence-corrected chi connectivity index (χ4v) is 3.20. The van der Waals surface area contributed by atoms with E-state index in [-0.39, 0.29) is 25.5 Å². The predicted octanol–water partition coefficient (Wildman–Crippen LogP) is 3.16. The van der Waals surface area contributed by atoms with Crippen molar-refractivity contribution in [1.29, 1.82) is 0 Å². The van der Waals surface area contributed by atoms with Crippen LogP contribution in [-0.2, 0) is 23.9 Å². The molecule has 1 aromatic rings. The van der Waals surface area contributed by atoms with Crippen molar-refractivity contribution in [3.8, 4) is 12.5 Å². The summed E-state index contributed by atoms with van der Waals surface area (Å²) in [6.45, 7) is 10.8. The number of nitrogens with zero attached hydrogens (tertiary/aromatic N) is 1. The Balaban J connectivity index is 3.23. The SMILES string of the molecule is C#CN(C(=O)C(NC(=O)OC(C)(C)C)C(C)CC)C(C(=O)NCCC(=O)OCC)c1ccccc1. The van der Waals surface area contributed by atoms with E-state index < -0.39 is 41.6 Å². The second-order valence-electron chi connectivity index (χ2n) is 9.01. The summed E-state index contributed by atoms with van der Waals surface area (Å²) in [7, 11) is 0. The molecule has 0 aliphatic carbocycles. The summed E-state index contributed by atoms with van der Waals surface area (Å²) in [5, 5.41) is 5.27. The van der Waals surface area contributed by atoms with Gasteiger partial charge in [0.2, 0.25) is 5.91 Å². The highest BCUT2D eigenvalue weighted by atomic mass is 16.6. The first-order valence-electron chi connectivity index (χ1n) is 11.7. The molecule has 0 aliphatic heterocycles. The molecule has 0 aromatic heterocycles. The molecule has 0 aliphatic rings. The van der Waals surface area contributed by atoms with Gasteiger partial charge in [-0.15, -0.1) is 0 Å². The van der Waals surface area contributed by atoms with Gasteiger partial charge in [0.25, 0.3) is 5.91 Å². The molecule has 1 aromatic carbocycles. The van der Waals surface area contributed by atoms with Crippen molar-refractivity contribution in [1.82, 2.24) is 15.5 Å². The Bertz CT molecular complexity index is 904. The first-order valence-corrected chi connectivity index (χ1v) is 11.7. The van der Waals surface area contributed by atoms with Gasteiger partial charge in [-0.05, 0) is 39.2 Å². The zero-order valence-electron chi connectivity index (χ0n) is 21.4. The molecule has 0 bridgehead atoms. The molecule has 3 amide bonds. The summed E-state index contributed by atoms with van der Waals surface area (Å²) in [6, 6.07) is 8.68. The molecule has 2 N–H and O–H groups in total. The molecule has 3 unspecified atom stereocenters. The van der Waals surface area contributed by atoms with Crippen LogP contribution in [0.15, 0.2) is 30.3 Å². The van der Waals surface area contributed by atoms with Gasteiger partial charge in [-0.25, -0.2) is 4.79 Å². The molecule has 3 atom stereocenters. The van der Waals surface area contributed by atoms with Crippen LogP contribution in [-0.4, -0.2) is 53.6 Å². The molecule has 0 heterocycles. The van der Waals surface area contributed by atoms with Gasteiger partial charge in [-0.1, -0.05) is 57.0 Å². The quantitative estimate of drug-likeness (QED) is 0.282. The number of amides is 3. The number of nitrogens with one attached hydrogen (secondary N) is 2. The maximum Gasteiger partial charge on any atom is 0.408 e. The molecule has 0 fully saturated rings. The Morgan fingerprint density at radius 2 is 1.74 bits per heavy atom. The van der Waals surface area contributed by atoms with Crippen LogP contribution in [0.3, 0.4) is 0 Å². The maximum absolute atomic E-state index is 13.6. The fraction of sp³-hybridized carbons (Fsp3) is 0.538. The van der Waals surface area contributed by atoms with E-state index in [1.165, 1.54) is 0 Å². The maximum atomic E-state index is 13.6. The largest absolute Gasteiger partial charge is 0.466 e. The molecular formula is C26H37N3O6. The molecule has 9 nitrogen and oxygen atoms in total. The van der Waals surface area contributed by atoms with Crippen LogP contribution in [0.25, 0.3) is 0 Å². The normalized spacial score (nSPS) is 13.4.